The van der Waals surface area contributed by atoms with Crippen molar-refractivity contribution in [3.05, 3.63) is 57.8 Å². The fourth-order valence-electron chi connectivity index (χ4n) is 1.76. The van der Waals surface area contributed by atoms with Crippen molar-refractivity contribution in [3.63, 3.8) is 0 Å². The highest BCUT2D eigenvalue weighted by Crippen LogP contribution is 2.24. The Labute approximate surface area is 143 Å². The zero-order valence-corrected chi connectivity index (χ0v) is 13.8. The molecule has 0 aliphatic heterocycles. The fraction of sp³-hybridized carbons (Fsp3) is 0.188. The minimum Gasteiger partial charge on any atom is -0.490 e. The Morgan fingerprint density at radius 1 is 1.17 bits per heavy atom. The summed E-state index contributed by atoms with van der Waals surface area (Å²) in [6.07, 6.45) is 0. The van der Waals surface area contributed by atoms with Crippen molar-refractivity contribution in [2.75, 3.05) is 18.5 Å². The molecule has 0 heterocycles. The summed E-state index contributed by atoms with van der Waals surface area (Å²) >= 11 is 11.8. The van der Waals surface area contributed by atoms with Gasteiger partial charge in [0.25, 0.3) is 0 Å². The van der Waals surface area contributed by atoms with Crippen molar-refractivity contribution in [1.29, 1.82) is 0 Å². The van der Waals surface area contributed by atoms with Crippen LogP contribution in [0.4, 0.5) is 14.9 Å². The van der Waals surface area contributed by atoms with Gasteiger partial charge in [0.2, 0.25) is 0 Å². The number of hydrogen-bond acceptors (Lipinski definition) is 2. The van der Waals surface area contributed by atoms with Crippen LogP contribution in [0.5, 0.6) is 5.75 Å². The number of ether oxygens (including phenoxy) is 1. The Morgan fingerprint density at radius 3 is 2.65 bits per heavy atom. The topological polar surface area (TPSA) is 50.4 Å². The normalized spacial score (nSPS) is 10.3. The highest BCUT2D eigenvalue weighted by atomic mass is 35.5. The van der Waals surface area contributed by atoms with E-state index in [0.717, 1.165) is 11.6 Å². The largest absolute Gasteiger partial charge is 0.490 e. The lowest BCUT2D eigenvalue weighted by molar-refractivity contribution is 0.247. The molecule has 2 rings (SSSR count). The summed E-state index contributed by atoms with van der Waals surface area (Å²) in [4.78, 5) is 11.7. The van der Waals surface area contributed by atoms with Gasteiger partial charge in [-0.2, -0.15) is 0 Å². The van der Waals surface area contributed by atoms with E-state index in [1.165, 1.54) is 12.1 Å². The summed E-state index contributed by atoms with van der Waals surface area (Å²) < 4.78 is 18.3. The van der Waals surface area contributed by atoms with Crippen molar-refractivity contribution in [1.82, 2.24) is 5.32 Å². The van der Waals surface area contributed by atoms with E-state index in [1.807, 2.05) is 13.0 Å². The third-order valence-electron chi connectivity index (χ3n) is 2.97. The number of benzene rings is 2. The molecule has 0 unspecified atom stereocenters. The van der Waals surface area contributed by atoms with Gasteiger partial charge in [0.15, 0.2) is 0 Å². The van der Waals surface area contributed by atoms with Gasteiger partial charge in [-0.25, -0.2) is 9.18 Å². The molecule has 23 heavy (non-hydrogen) atoms. The number of anilines is 1. The first-order chi connectivity index (χ1) is 11.0. The van der Waals surface area contributed by atoms with Crippen molar-refractivity contribution < 1.29 is 13.9 Å². The highest BCUT2D eigenvalue weighted by molar-refractivity contribution is 6.32. The van der Waals surface area contributed by atoms with Crippen molar-refractivity contribution in [3.8, 4) is 5.75 Å². The van der Waals surface area contributed by atoms with Crippen LogP contribution in [0.25, 0.3) is 0 Å². The molecule has 0 fully saturated rings. The second-order valence-corrected chi connectivity index (χ2v) is 5.58. The summed E-state index contributed by atoms with van der Waals surface area (Å²) in [6, 6.07) is 8.73. The van der Waals surface area contributed by atoms with E-state index in [1.54, 1.807) is 12.1 Å². The number of nitrogens with one attached hydrogen (secondary N) is 2. The van der Waals surface area contributed by atoms with Gasteiger partial charge in [-0.15, -0.1) is 0 Å². The van der Waals surface area contributed by atoms with E-state index in [2.05, 4.69) is 10.6 Å². The lowest BCUT2D eigenvalue weighted by atomic mass is 10.2. The highest BCUT2D eigenvalue weighted by Gasteiger charge is 2.05. The minimum atomic E-state index is -0.434. The lowest BCUT2D eigenvalue weighted by Crippen LogP contribution is -2.32. The predicted octanol–water partition coefficient (Wildman–Crippen LogP) is 4.64. The average Bonchev–Trinajstić information content (AvgIpc) is 2.49. The second-order valence-electron chi connectivity index (χ2n) is 4.77. The maximum atomic E-state index is 12.9. The summed E-state index contributed by atoms with van der Waals surface area (Å²) in [7, 11) is 0. The van der Waals surface area contributed by atoms with Crippen LogP contribution in [-0.4, -0.2) is 19.2 Å². The Kier molecular flexibility index (Phi) is 6.07. The zero-order valence-electron chi connectivity index (χ0n) is 12.3. The molecule has 0 spiro atoms. The van der Waals surface area contributed by atoms with E-state index in [0.29, 0.717) is 16.5 Å². The number of hydrogen-bond donors (Lipinski definition) is 2. The standard InChI is InChI=1S/C16H15Cl2FN2O2/c1-10-2-4-12(9-13(10)17)21-16(22)20-6-7-23-15-5-3-11(19)8-14(15)18/h2-5,8-9H,6-7H2,1H3,(H2,20,21,22). The van der Waals surface area contributed by atoms with Gasteiger partial charge in [-0.3, -0.25) is 0 Å². The van der Waals surface area contributed by atoms with Crippen LogP contribution >= 0.6 is 23.2 Å². The van der Waals surface area contributed by atoms with Crippen LogP contribution < -0.4 is 15.4 Å². The first-order valence-corrected chi connectivity index (χ1v) is 7.60. The summed E-state index contributed by atoms with van der Waals surface area (Å²) in [6.45, 7) is 2.34. The maximum Gasteiger partial charge on any atom is 0.319 e. The predicted molar refractivity (Wildman–Crippen MR) is 90.1 cm³/mol. The molecule has 2 aromatic rings. The lowest BCUT2D eigenvalue weighted by Gasteiger charge is -2.10. The van der Waals surface area contributed by atoms with Gasteiger partial charge in [0.1, 0.15) is 18.2 Å². The van der Waals surface area contributed by atoms with Gasteiger partial charge in [0, 0.05) is 10.7 Å². The zero-order chi connectivity index (χ0) is 16.8. The van der Waals surface area contributed by atoms with E-state index < -0.39 is 5.82 Å². The van der Waals surface area contributed by atoms with Gasteiger partial charge < -0.3 is 15.4 Å². The number of urea groups is 1. The smallest absolute Gasteiger partial charge is 0.319 e. The van der Waals surface area contributed by atoms with Gasteiger partial charge in [-0.05, 0) is 42.8 Å². The molecular formula is C16H15Cl2FN2O2. The maximum absolute atomic E-state index is 12.9. The number of aryl methyl sites for hydroxylation is 1. The number of halogens is 3. The van der Waals surface area contributed by atoms with E-state index in [-0.39, 0.29) is 24.2 Å². The molecule has 0 saturated heterocycles. The Bertz CT molecular complexity index is 710. The molecule has 0 bridgehead atoms. The molecule has 0 atom stereocenters. The minimum absolute atomic E-state index is 0.184. The molecule has 7 heteroatoms. The van der Waals surface area contributed by atoms with Crippen LogP contribution in [0.15, 0.2) is 36.4 Å². The molecule has 2 aromatic carbocycles. The quantitative estimate of drug-likeness (QED) is 0.766. The third kappa shape index (κ3) is 5.30. The first-order valence-electron chi connectivity index (χ1n) is 6.84. The van der Waals surface area contributed by atoms with Gasteiger partial charge >= 0.3 is 6.03 Å². The van der Waals surface area contributed by atoms with Crippen molar-refractivity contribution in [2.24, 2.45) is 0 Å². The molecular weight excluding hydrogens is 342 g/mol. The second kappa shape index (κ2) is 8.04. The summed E-state index contributed by atoms with van der Waals surface area (Å²) in [5, 5.41) is 6.06. The van der Waals surface area contributed by atoms with Gasteiger partial charge in [0.05, 0.1) is 11.6 Å². The monoisotopic (exact) mass is 356 g/mol. The Morgan fingerprint density at radius 2 is 1.96 bits per heavy atom. The third-order valence-corrected chi connectivity index (χ3v) is 3.67. The summed E-state index contributed by atoms with van der Waals surface area (Å²) in [5.41, 5.74) is 1.53. The number of carbonyl (C=O) groups excluding carboxylic acids is 1. The molecule has 0 aliphatic rings. The SMILES string of the molecule is Cc1ccc(NC(=O)NCCOc2ccc(F)cc2Cl)cc1Cl. The van der Waals surface area contributed by atoms with E-state index in [4.69, 9.17) is 27.9 Å². The van der Waals surface area contributed by atoms with E-state index in [9.17, 15) is 9.18 Å². The van der Waals surface area contributed by atoms with Crippen molar-refractivity contribution in [2.45, 2.75) is 6.92 Å². The Hall–Kier alpha value is -1.98. The van der Waals surface area contributed by atoms with Crippen molar-refractivity contribution >= 4 is 34.9 Å². The van der Waals surface area contributed by atoms with Crippen LogP contribution in [0.1, 0.15) is 5.56 Å². The average molecular weight is 357 g/mol. The molecule has 0 aliphatic carbocycles. The van der Waals surface area contributed by atoms with Crippen LogP contribution in [0.3, 0.4) is 0 Å². The number of carbonyl (C=O) groups is 1. The first kappa shape index (κ1) is 17.4. The fourth-order valence-corrected chi connectivity index (χ4v) is 2.17. The molecule has 0 aromatic heterocycles. The Balaban J connectivity index is 1.75. The van der Waals surface area contributed by atoms with Crippen LogP contribution in [0, 0.1) is 12.7 Å². The molecule has 0 radical (unpaired) electrons. The molecule has 0 saturated carbocycles. The summed E-state index contributed by atoms with van der Waals surface area (Å²) in [5.74, 6) is -0.0720. The van der Waals surface area contributed by atoms with Crippen LogP contribution in [-0.2, 0) is 0 Å². The molecule has 4 nitrogen and oxygen atoms in total. The van der Waals surface area contributed by atoms with Crippen LogP contribution in [0.2, 0.25) is 10.0 Å². The molecule has 122 valence electrons. The molecule has 2 amide bonds. The van der Waals surface area contributed by atoms with Gasteiger partial charge in [-0.1, -0.05) is 29.3 Å². The van der Waals surface area contributed by atoms with E-state index >= 15 is 0 Å². The molecule has 2 N–H and O–H groups in total. The number of rotatable bonds is 5. The number of amides is 2.